The lowest BCUT2D eigenvalue weighted by atomic mass is 10.0. The Kier molecular flexibility index (Phi) is 4.29. The molecule has 1 fully saturated rings. The van der Waals surface area contributed by atoms with Crippen molar-refractivity contribution in [3.8, 4) is 0 Å². The zero-order valence-electron chi connectivity index (χ0n) is 16.1. The minimum atomic E-state index is -0.784. The molecule has 1 heterocycles. The fraction of sp³-hybridized carbons (Fsp3) is 0.0800. The number of fused-ring (bicyclic) bond motifs is 2. The number of carbonyl (C=O) groups excluding carboxylic acids is 3. The van der Waals surface area contributed by atoms with E-state index in [-0.39, 0.29) is 13.1 Å². The quantitative estimate of drug-likeness (QED) is 0.379. The molecule has 5 heteroatoms. The highest BCUT2D eigenvalue weighted by Gasteiger charge is 2.44. The average Bonchev–Trinajstić information content (AvgIpc) is 2.98. The molecule has 4 aromatic rings. The third-order valence-corrected chi connectivity index (χ3v) is 5.55. The summed E-state index contributed by atoms with van der Waals surface area (Å²) in [6, 6.07) is 26.5. The van der Waals surface area contributed by atoms with Crippen molar-refractivity contribution in [3.05, 3.63) is 96.1 Å². The summed E-state index contributed by atoms with van der Waals surface area (Å²) in [5.41, 5.74) is 1.66. The maximum atomic E-state index is 13.0. The van der Waals surface area contributed by atoms with Gasteiger partial charge in [-0.15, -0.1) is 0 Å². The van der Waals surface area contributed by atoms with Crippen LogP contribution >= 0.6 is 0 Å². The van der Waals surface area contributed by atoms with Crippen molar-refractivity contribution in [1.82, 2.24) is 9.80 Å². The maximum Gasteiger partial charge on any atom is 0.334 e. The predicted molar refractivity (Wildman–Crippen MR) is 114 cm³/mol. The molecule has 5 rings (SSSR count). The van der Waals surface area contributed by atoms with Crippen LogP contribution in [-0.2, 0) is 22.7 Å². The lowest BCUT2D eigenvalue weighted by Crippen LogP contribution is -2.32. The molecular formula is C25H18N2O3. The minimum Gasteiger partial charge on any atom is -0.263 e. The fourth-order valence-corrected chi connectivity index (χ4v) is 4.03. The second-order valence-corrected chi connectivity index (χ2v) is 7.34. The van der Waals surface area contributed by atoms with Gasteiger partial charge >= 0.3 is 17.8 Å². The van der Waals surface area contributed by atoms with Crippen molar-refractivity contribution in [3.63, 3.8) is 0 Å². The molecule has 5 nitrogen and oxygen atoms in total. The molecule has 0 unspecified atom stereocenters. The smallest absolute Gasteiger partial charge is 0.263 e. The first-order chi connectivity index (χ1) is 14.6. The van der Waals surface area contributed by atoms with Crippen LogP contribution in [0.15, 0.2) is 84.9 Å². The topological polar surface area (TPSA) is 57.7 Å². The van der Waals surface area contributed by atoms with Crippen LogP contribution in [0.1, 0.15) is 11.1 Å². The summed E-state index contributed by atoms with van der Waals surface area (Å²) in [6.45, 7) is 0.133. The summed E-state index contributed by atoms with van der Waals surface area (Å²) in [5, 5.41) is 3.96. The van der Waals surface area contributed by atoms with Crippen LogP contribution in [0.25, 0.3) is 21.5 Å². The van der Waals surface area contributed by atoms with Gasteiger partial charge in [-0.1, -0.05) is 84.9 Å². The molecule has 146 valence electrons. The number of hydrogen-bond acceptors (Lipinski definition) is 3. The van der Waals surface area contributed by atoms with Crippen LogP contribution in [0.5, 0.6) is 0 Å². The van der Waals surface area contributed by atoms with Crippen LogP contribution in [0.4, 0.5) is 4.79 Å². The lowest BCUT2D eigenvalue weighted by Gasteiger charge is -2.17. The third-order valence-electron chi connectivity index (χ3n) is 5.55. The molecule has 1 aliphatic rings. The minimum absolute atomic E-state index is 0.0663. The average molecular weight is 394 g/mol. The van der Waals surface area contributed by atoms with E-state index in [4.69, 9.17) is 0 Å². The van der Waals surface area contributed by atoms with Crippen LogP contribution < -0.4 is 0 Å². The Morgan fingerprint density at radius 1 is 0.500 bits per heavy atom. The van der Waals surface area contributed by atoms with Crippen molar-refractivity contribution in [1.29, 1.82) is 0 Å². The van der Waals surface area contributed by atoms with Gasteiger partial charge in [-0.2, -0.15) is 0 Å². The van der Waals surface area contributed by atoms with E-state index in [0.717, 1.165) is 42.5 Å². The van der Waals surface area contributed by atoms with Gasteiger partial charge in [0.25, 0.3) is 0 Å². The monoisotopic (exact) mass is 394 g/mol. The third kappa shape index (κ3) is 2.92. The Bertz CT molecular complexity index is 1220. The number of carbonyl (C=O) groups is 3. The van der Waals surface area contributed by atoms with Gasteiger partial charge in [-0.3, -0.25) is 19.4 Å². The molecule has 0 spiro atoms. The molecule has 0 N–H and O–H groups in total. The number of hydrogen-bond donors (Lipinski definition) is 0. The summed E-state index contributed by atoms with van der Waals surface area (Å²) in [5.74, 6) is -1.57. The number of imide groups is 2. The largest absolute Gasteiger partial charge is 0.334 e. The molecule has 1 aliphatic heterocycles. The van der Waals surface area contributed by atoms with Crippen molar-refractivity contribution in [2.45, 2.75) is 13.1 Å². The van der Waals surface area contributed by atoms with Crippen LogP contribution in [0.3, 0.4) is 0 Å². The Balaban J connectivity index is 1.46. The molecule has 4 amide bonds. The molecule has 30 heavy (non-hydrogen) atoms. The van der Waals surface area contributed by atoms with E-state index in [9.17, 15) is 14.4 Å². The second-order valence-electron chi connectivity index (χ2n) is 7.34. The summed E-state index contributed by atoms with van der Waals surface area (Å²) < 4.78 is 0. The zero-order chi connectivity index (χ0) is 20.7. The number of amides is 4. The molecule has 0 atom stereocenters. The number of nitrogens with zero attached hydrogens (tertiary/aromatic N) is 2. The standard InChI is InChI=1S/C25H18N2O3/c28-23-24(29)27(16-20-12-6-10-18-8-2-4-14-22(18)20)25(30)26(23)15-19-11-5-9-17-7-1-3-13-21(17)19/h1-14H,15-16H2. The van der Waals surface area contributed by atoms with E-state index in [1.165, 1.54) is 0 Å². The second kappa shape index (κ2) is 7.12. The predicted octanol–water partition coefficient (Wildman–Crippen LogP) is 4.48. The van der Waals surface area contributed by atoms with Gasteiger partial charge in [0, 0.05) is 0 Å². The molecular weight excluding hydrogens is 376 g/mol. The maximum absolute atomic E-state index is 13.0. The first kappa shape index (κ1) is 18.1. The summed E-state index contributed by atoms with van der Waals surface area (Å²) in [6.07, 6.45) is 0. The van der Waals surface area contributed by atoms with Crippen molar-refractivity contribution in [2.75, 3.05) is 0 Å². The van der Waals surface area contributed by atoms with E-state index < -0.39 is 17.8 Å². The van der Waals surface area contributed by atoms with E-state index in [2.05, 4.69) is 0 Å². The first-order valence-electron chi connectivity index (χ1n) is 9.74. The number of urea groups is 1. The first-order valence-corrected chi connectivity index (χ1v) is 9.74. The molecule has 0 saturated carbocycles. The number of rotatable bonds is 4. The molecule has 0 radical (unpaired) electrons. The van der Waals surface area contributed by atoms with Crippen LogP contribution in [0.2, 0.25) is 0 Å². The van der Waals surface area contributed by atoms with Crippen LogP contribution in [0, 0.1) is 0 Å². The van der Waals surface area contributed by atoms with E-state index >= 15 is 0 Å². The van der Waals surface area contributed by atoms with Gasteiger partial charge in [-0.05, 0) is 32.7 Å². The van der Waals surface area contributed by atoms with E-state index in [1.54, 1.807) is 0 Å². The Labute approximate surface area is 173 Å². The SMILES string of the molecule is O=C1C(=O)N(Cc2cccc3ccccc23)C(=O)N1Cc1cccc2ccccc12. The Morgan fingerprint density at radius 3 is 1.37 bits per heavy atom. The highest BCUT2D eigenvalue weighted by Crippen LogP contribution is 2.25. The van der Waals surface area contributed by atoms with Gasteiger partial charge in [0.15, 0.2) is 0 Å². The summed E-state index contributed by atoms with van der Waals surface area (Å²) >= 11 is 0. The van der Waals surface area contributed by atoms with Gasteiger partial charge in [0.2, 0.25) is 0 Å². The Morgan fingerprint density at radius 2 is 0.900 bits per heavy atom. The number of benzene rings is 4. The highest BCUT2D eigenvalue weighted by atomic mass is 16.2. The fourth-order valence-electron chi connectivity index (χ4n) is 4.03. The highest BCUT2D eigenvalue weighted by molar-refractivity contribution is 6.44. The molecule has 0 aromatic heterocycles. The normalized spacial score (nSPS) is 14.3. The molecule has 0 bridgehead atoms. The van der Waals surface area contributed by atoms with Gasteiger partial charge < -0.3 is 0 Å². The van der Waals surface area contributed by atoms with Gasteiger partial charge in [0.1, 0.15) is 0 Å². The van der Waals surface area contributed by atoms with Gasteiger partial charge in [0.05, 0.1) is 13.1 Å². The van der Waals surface area contributed by atoms with E-state index in [0.29, 0.717) is 0 Å². The molecule has 0 aliphatic carbocycles. The van der Waals surface area contributed by atoms with Crippen molar-refractivity contribution in [2.24, 2.45) is 0 Å². The van der Waals surface area contributed by atoms with Crippen LogP contribution in [-0.4, -0.2) is 27.6 Å². The Hall–Kier alpha value is -3.99. The lowest BCUT2D eigenvalue weighted by molar-refractivity contribution is -0.143. The molecule has 1 saturated heterocycles. The van der Waals surface area contributed by atoms with E-state index in [1.807, 2.05) is 84.9 Å². The zero-order valence-corrected chi connectivity index (χ0v) is 16.1. The molecule has 4 aromatic carbocycles. The summed E-state index contributed by atoms with van der Waals surface area (Å²) in [7, 11) is 0. The summed E-state index contributed by atoms with van der Waals surface area (Å²) in [4.78, 5) is 40.4. The van der Waals surface area contributed by atoms with Crippen molar-refractivity contribution >= 4 is 39.4 Å². The van der Waals surface area contributed by atoms with Gasteiger partial charge in [-0.25, -0.2) is 4.79 Å². The van der Waals surface area contributed by atoms with Crippen molar-refractivity contribution < 1.29 is 14.4 Å².